The van der Waals surface area contributed by atoms with E-state index in [2.05, 4.69) is 18.5 Å². The molecular formula is C15H30N2OS. The van der Waals surface area contributed by atoms with Crippen molar-refractivity contribution in [2.45, 2.75) is 63.0 Å². The second kappa shape index (κ2) is 8.85. The quantitative estimate of drug-likeness (QED) is 0.721. The first-order valence-corrected chi connectivity index (χ1v) is 8.86. The third kappa shape index (κ3) is 6.17. The summed E-state index contributed by atoms with van der Waals surface area (Å²) in [6, 6.07) is 0. The lowest BCUT2D eigenvalue weighted by atomic mass is 9.88. The lowest BCUT2D eigenvalue weighted by Gasteiger charge is -2.35. The first-order chi connectivity index (χ1) is 9.12. The van der Waals surface area contributed by atoms with Gasteiger partial charge < -0.3 is 11.1 Å². The molecule has 0 bridgehead atoms. The van der Waals surface area contributed by atoms with Gasteiger partial charge in [-0.25, -0.2) is 0 Å². The number of hydrogen-bond acceptors (Lipinski definition) is 3. The van der Waals surface area contributed by atoms with E-state index >= 15 is 0 Å². The predicted molar refractivity (Wildman–Crippen MR) is 84.4 cm³/mol. The summed E-state index contributed by atoms with van der Waals surface area (Å²) in [6.07, 6.45) is 11.3. The summed E-state index contributed by atoms with van der Waals surface area (Å²) in [6.45, 7) is 3.74. The Labute approximate surface area is 122 Å². The summed E-state index contributed by atoms with van der Waals surface area (Å²) in [4.78, 5) is 11.9. The molecule has 0 aromatic rings. The van der Waals surface area contributed by atoms with E-state index in [1.807, 2.05) is 11.8 Å². The molecule has 3 N–H and O–H groups in total. The van der Waals surface area contributed by atoms with Gasteiger partial charge >= 0.3 is 0 Å². The molecule has 0 saturated heterocycles. The number of carbonyl (C=O) groups is 1. The number of thioether (sulfide) groups is 1. The third-order valence-electron chi connectivity index (χ3n) is 4.33. The van der Waals surface area contributed by atoms with Gasteiger partial charge in [0.25, 0.3) is 0 Å². The van der Waals surface area contributed by atoms with Gasteiger partial charge in [0.1, 0.15) is 0 Å². The van der Waals surface area contributed by atoms with Crippen molar-refractivity contribution in [3.05, 3.63) is 0 Å². The Balaban J connectivity index is 2.24. The average Bonchev–Trinajstić information content (AvgIpc) is 2.44. The minimum Gasteiger partial charge on any atom is -0.355 e. The zero-order valence-electron chi connectivity index (χ0n) is 12.5. The maximum absolute atomic E-state index is 11.9. The minimum atomic E-state index is 0.211. The molecule has 0 radical (unpaired) electrons. The summed E-state index contributed by atoms with van der Waals surface area (Å²) >= 11 is 1.94. The van der Waals surface area contributed by atoms with E-state index in [4.69, 9.17) is 5.73 Å². The summed E-state index contributed by atoms with van der Waals surface area (Å²) in [7, 11) is 0. The Morgan fingerprint density at radius 2 is 2.00 bits per heavy atom. The molecule has 1 unspecified atom stereocenters. The number of amides is 1. The predicted octanol–water partition coefficient (Wildman–Crippen LogP) is 2.93. The Kier molecular flexibility index (Phi) is 7.84. The van der Waals surface area contributed by atoms with Gasteiger partial charge in [-0.05, 0) is 44.4 Å². The van der Waals surface area contributed by atoms with E-state index in [1.165, 1.54) is 32.1 Å². The van der Waals surface area contributed by atoms with Crippen molar-refractivity contribution < 1.29 is 4.79 Å². The van der Waals surface area contributed by atoms with Gasteiger partial charge in [0.15, 0.2) is 0 Å². The molecule has 19 heavy (non-hydrogen) atoms. The van der Waals surface area contributed by atoms with Crippen LogP contribution in [0.5, 0.6) is 0 Å². The van der Waals surface area contributed by atoms with Crippen LogP contribution in [0.2, 0.25) is 0 Å². The standard InChI is InChI=1S/C15H30N2OS/c1-13(8-11-16)6-7-14(18)17-12-15(19-2)9-4-3-5-10-15/h13H,3-12,16H2,1-2H3,(H,17,18). The molecule has 1 atom stereocenters. The van der Waals surface area contributed by atoms with Gasteiger partial charge in [-0.15, -0.1) is 0 Å². The minimum absolute atomic E-state index is 0.211. The van der Waals surface area contributed by atoms with Crippen LogP contribution >= 0.6 is 11.8 Å². The van der Waals surface area contributed by atoms with Gasteiger partial charge in [-0.1, -0.05) is 26.2 Å². The van der Waals surface area contributed by atoms with E-state index in [0.29, 0.717) is 17.1 Å². The first-order valence-electron chi connectivity index (χ1n) is 7.64. The molecule has 1 fully saturated rings. The third-order valence-corrected chi connectivity index (χ3v) is 5.75. The van der Waals surface area contributed by atoms with Crippen LogP contribution < -0.4 is 11.1 Å². The summed E-state index contributed by atoms with van der Waals surface area (Å²) in [5.74, 6) is 0.766. The summed E-state index contributed by atoms with van der Waals surface area (Å²) in [5.41, 5.74) is 5.52. The fraction of sp³-hybridized carbons (Fsp3) is 0.933. The van der Waals surface area contributed by atoms with E-state index in [-0.39, 0.29) is 5.91 Å². The number of carbonyl (C=O) groups excluding carboxylic acids is 1. The fourth-order valence-electron chi connectivity index (χ4n) is 2.80. The molecule has 112 valence electrons. The summed E-state index contributed by atoms with van der Waals surface area (Å²) in [5, 5.41) is 3.15. The molecule has 3 nitrogen and oxygen atoms in total. The molecule has 1 aliphatic rings. The maximum atomic E-state index is 11.9. The van der Waals surface area contributed by atoms with Crippen LogP contribution in [0.15, 0.2) is 0 Å². The topological polar surface area (TPSA) is 55.1 Å². The lowest BCUT2D eigenvalue weighted by molar-refractivity contribution is -0.121. The number of nitrogens with two attached hydrogens (primary N) is 1. The molecule has 1 amide bonds. The fourth-order valence-corrected chi connectivity index (χ4v) is 3.72. The molecule has 1 saturated carbocycles. The molecule has 0 spiro atoms. The van der Waals surface area contributed by atoms with Crippen molar-refractivity contribution in [2.24, 2.45) is 11.7 Å². The van der Waals surface area contributed by atoms with E-state index < -0.39 is 0 Å². The van der Waals surface area contributed by atoms with Crippen LogP contribution in [0, 0.1) is 5.92 Å². The molecule has 1 rings (SSSR count). The van der Waals surface area contributed by atoms with Crippen LogP contribution in [-0.4, -0.2) is 30.0 Å². The molecule has 4 heteroatoms. The number of rotatable bonds is 8. The Hall–Kier alpha value is -0.220. The van der Waals surface area contributed by atoms with Gasteiger partial charge in [0.2, 0.25) is 5.91 Å². The van der Waals surface area contributed by atoms with Crippen molar-refractivity contribution in [3.8, 4) is 0 Å². The second-order valence-corrected chi connectivity index (χ2v) is 7.22. The van der Waals surface area contributed by atoms with E-state index in [1.54, 1.807) is 0 Å². The van der Waals surface area contributed by atoms with Gasteiger partial charge in [-0.2, -0.15) is 11.8 Å². The number of hydrogen-bond donors (Lipinski definition) is 2. The zero-order chi connectivity index (χ0) is 14.1. The van der Waals surface area contributed by atoms with Crippen LogP contribution in [-0.2, 0) is 4.79 Å². The van der Waals surface area contributed by atoms with Crippen LogP contribution in [0.1, 0.15) is 58.3 Å². The maximum Gasteiger partial charge on any atom is 0.220 e. The molecule has 0 aromatic heterocycles. The van der Waals surface area contributed by atoms with Gasteiger partial charge in [0, 0.05) is 17.7 Å². The monoisotopic (exact) mass is 286 g/mol. The van der Waals surface area contributed by atoms with Crippen molar-refractivity contribution >= 4 is 17.7 Å². The SMILES string of the molecule is CSC1(CNC(=O)CCC(C)CCN)CCCCC1. The zero-order valence-corrected chi connectivity index (χ0v) is 13.4. The molecule has 1 aliphatic carbocycles. The van der Waals surface area contributed by atoms with Gasteiger partial charge in [0.05, 0.1) is 0 Å². The highest BCUT2D eigenvalue weighted by Crippen LogP contribution is 2.37. The highest BCUT2D eigenvalue weighted by atomic mass is 32.2. The van der Waals surface area contributed by atoms with Crippen molar-refractivity contribution in [2.75, 3.05) is 19.3 Å². The van der Waals surface area contributed by atoms with Gasteiger partial charge in [-0.3, -0.25) is 4.79 Å². The first kappa shape index (κ1) is 16.8. The Morgan fingerprint density at radius 3 is 2.58 bits per heavy atom. The smallest absolute Gasteiger partial charge is 0.220 e. The Bertz CT molecular complexity index is 265. The van der Waals surface area contributed by atoms with E-state index in [9.17, 15) is 4.79 Å². The Morgan fingerprint density at radius 1 is 1.32 bits per heavy atom. The van der Waals surface area contributed by atoms with Crippen molar-refractivity contribution in [1.82, 2.24) is 5.32 Å². The highest BCUT2D eigenvalue weighted by Gasteiger charge is 2.31. The van der Waals surface area contributed by atoms with Crippen LogP contribution in [0.3, 0.4) is 0 Å². The average molecular weight is 286 g/mol. The lowest BCUT2D eigenvalue weighted by Crippen LogP contribution is -2.41. The molecule has 0 aliphatic heterocycles. The normalized spacial score (nSPS) is 19.9. The van der Waals surface area contributed by atoms with Crippen molar-refractivity contribution in [3.63, 3.8) is 0 Å². The van der Waals surface area contributed by atoms with Crippen molar-refractivity contribution in [1.29, 1.82) is 0 Å². The van der Waals surface area contributed by atoms with Crippen LogP contribution in [0.25, 0.3) is 0 Å². The molecule has 0 heterocycles. The molecule has 0 aromatic carbocycles. The van der Waals surface area contributed by atoms with Crippen LogP contribution in [0.4, 0.5) is 0 Å². The highest BCUT2D eigenvalue weighted by molar-refractivity contribution is 8.00. The van der Waals surface area contributed by atoms with E-state index in [0.717, 1.165) is 25.9 Å². The number of nitrogens with one attached hydrogen (secondary N) is 1. The second-order valence-electron chi connectivity index (χ2n) is 5.95. The summed E-state index contributed by atoms with van der Waals surface area (Å²) < 4.78 is 0.302. The molecular weight excluding hydrogens is 256 g/mol. The largest absolute Gasteiger partial charge is 0.355 e.